The van der Waals surface area contributed by atoms with Crippen molar-refractivity contribution >= 4 is 23.7 Å². The molecule has 0 aromatic rings. The largest absolute Gasteiger partial charge is 0.338 e. The Labute approximate surface area is 203 Å². The summed E-state index contributed by atoms with van der Waals surface area (Å²) < 4.78 is 0. The van der Waals surface area contributed by atoms with Crippen LogP contribution in [-0.2, 0) is 4.79 Å². The maximum atomic E-state index is 12.7. The molecule has 2 heterocycles. The number of nitrogens with one attached hydrogen (secondary N) is 1. The highest BCUT2D eigenvalue weighted by Crippen LogP contribution is 2.30. The fourth-order valence-corrected chi connectivity index (χ4v) is 4.93. The minimum Gasteiger partial charge on any atom is -0.326 e. The van der Waals surface area contributed by atoms with Crippen molar-refractivity contribution in [2.24, 2.45) is 9.98 Å². The lowest BCUT2D eigenvalue weighted by Gasteiger charge is -2.45. The maximum Gasteiger partial charge on any atom is 0.338 e. The number of hydrogen-bond acceptors (Lipinski definition) is 3. The molecule has 1 aliphatic carbocycles. The third-order valence-electron chi connectivity index (χ3n) is 6.49. The molecule has 2 saturated heterocycles. The molecule has 0 unspecified atom stereocenters. The summed E-state index contributed by atoms with van der Waals surface area (Å²) in [5.41, 5.74) is 2.83. The molecule has 0 spiro atoms. The van der Waals surface area contributed by atoms with E-state index in [1.54, 1.807) is 28.8 Å². The van der Waals surface area contributed by atoms with Crippen molar-refractivity contribution in [1.82, 2.24) is 25.1 Å². The number of hydrazine groups is 1. The molecular weight excluding hydrogens is 430 g/mol. The average molecular weight is 470 g/mol. The predicted molar refractivity (Wildman–Crippen MR) is 136 cm³/mol. The molecule has 9 heteroatoms. The van der Waals surface area contributed by atoms with Gasteiger partial charge in [-0.3, -0.25) is 14.8 Å². The number of hydrogen-bond donors (Lipinski definition) is 1. The number of likely N-dealkylation sites (N-methyl/N-ethyl adjacent to an activating group) is 1. The molecule has 3 aliphatic rings. The van der Waals surface area contributed by atoms with Gasteiger partial charge in [0, 0.05) is 39.8 Å². The summed E-state index contributed by atoms with van der Waals surface area (Å²) in [6.45, 7) is 9.15. The highest BCUT2D eigenvalue weighted by molar-refractivity contribution is 6.01. The number of amides is 3. The number of carbonyl (C=O) groups excluding carboxylic acids is 2. The molecule has 1 saturated carbocycles. The SMILES string of the molecule is C\C=C/C=C1/CCN(C(C)=O)/C1=C(/C)NC(=NCC)/N=C1\CN(C)C(=O)N(C)N1C1CCCC1. The summed E-state index contributed by atoms with van der Waals surface area (Å²) in [5.74, 6) is 1.30. The average Bonchev–Trinajstić information content (AvgIpc) is 3.46. The van der Waals surface area contributed by atoms with Crippen LogP contribution in [0.4, 0.5) is 4.79 Å². The number of aliphatic imine (C=N–C) groups is 2. The third kappa shape index (κ3) is 5.51. The number of guanidine groups is 1. The monoisotopic (exact) mass is 469 g/mol. The van der Waals surface area contributed by atoms with Gasteiger partial charge in [-0.25, -0.2) is 9.80 Å². The summed E-state index contributed by atoms with van der Waals surface area (Å²) >= 11 is 0. The van der Waals surface area contributed by atoms with Gasteiger partial charge in [-0.1, -0.05) is 31.1 Å². The van der Waals surface area contributed by atoms with E-state index in [-0.39, 0.29) is 18.0 Å². The van der Waals surface area contributed by atoms with Crippen molar-refractivity contribution in [2.45, 2.75) is 65.8 Å². The van der Waals surface area contributed by atoms with Gasteiger partial charge in [-0.15, -0.1) is 0 Å². The van der Waals surface area contributed by atoms with E-state index in [4.69, 9.17) is 4.99 Å². The number of nitrogens with zero attached hydrogens (tertiary/aromatic N) is 6. The van der Waals surface area contributed by atoms with Crippen LogP contribution in [0, 0.1) is 0 Å². The van der Waals surface area contributed by atoms with Crippen LogP contribution in [0.15, 0.2) is 45.2 Å². The zero-order valence-electron chi connectivity index (χ0n) is 21.5. The van der Waals surface area contributed by atoms with Crippen LogP contribution >= 0.6 is 0 Å². The predicted octanol–water partition coefficient (Wildman–Crippen LogP) is 3.49. The number of carbonyl (C=O) groups is 2. The second-order valence-electron chi connectivity index (χ2n) is 9.01. The van der Waals surface area contributed by atoms with E-state index in [1.165, 1.54) is 0 Å². The Hall–Kier alpha value is -3.10. The third-order valence-corrected chi connectivity index (χ3v) is 6.49. The highest BCUT2D eigenvalue weighted by atomic mass is 16.2. The van der Waals surface area contributed by atoms with Crippen LogP contribution in [0.2, 0.25) is 0 Å². The zero-order valence-corrected chi connectivity index (χ0v) is 21.5. The van der Waals surface area contributed by atoms with Crippen LogP contribution in [0.1, 0.15) is 59.8 Å². The lowest BCUT2D eigenvalue weighted by molar-refractivity contribution is -0.126. The molecule has 34 heavy (non-hydrogen) atoms. The summed E-state index contributed by atoms with van der Waals surface area (Å²) in [6, 6.07) is 0.232. The first-order valence-electron chi connectivity index (χ1n) is 12.3. The second-order valence-corrected chi connectivity index (χ2v) is 9.01. The molecule has 9 nitrogen and oxygen atoms in total. The van der Waals surface area contributed by atoms with E-state index < -0.39 is 0 Å². The van der Waals surface area contributed by atoms with Crippen LogP contribution in [0.3, 0.4) is 0 Å². The van der Waals surface area contributed by atoms with Gasteiger partial charge < -0.3 is 15.1 Å². The number of amidine groups is 1. The topological polar surface area (TPSA) is 83.8 Å². The van der Waals surface area contributed by atoms with E-state index in [1.807, 2.05) is 40.0 Å². The van der Waals surface area contributed by atoms with Crippen molar-refractivity contribution in [1.29, 1.82) is 0 Å². The van der Waals surface area contributed by atoms with E-state index >= 15 is 0 Å². The molecule has 0 radical (unpaired) electrons. The first-order valence-corrected chi connectivity index (χ1v) is 12.3. The van der Waals surface area contributed by atoms with E-state index in [9.17, 15) is 9.59 Å². The molecule has 3 fully saturated rings. The summed E-state index contributed by atoms with van der Waals surface area (Å²) in [7, 11) is 3.60. The van der Waals surface area contributed by atoms with Crippen LogP contribution in [-0.4, -0.2) is 83.3 Å². The zero-order chi connectivity index (χ0) is 24.8. The van der Waals surface area contributed by atoms with Gasteiger partial charge in [0.05, 0.1) is 18.3 Å². The first kappa shape index (κ1) is 25.5. The smallest absolute Gasteiger partial charge is 0.326 e. The lowest BCUT2D eigenvalue weighted by Crippen LogP contribution is -2.62. The fraction of sp³-hybridized carbons (Fsp3) is 0.600. The summed E-state index contributed by atoms with van der Waals surface area (Å²) in [6.07, 6.45) is 11.3. The van der Waals surface area contributed by atoms with Crippen LogP contribution in [0.5, 0.6) is 0 Å². The van der Waals surface area contributed by atoms with Gasteiger partial charge in [0.1, 0.15) is 5.84 Å². The van der Waals surface area contributed by atoms with Gasteiger partial charge in [0.2, 0.25) is 11.9 Å². The van der Waals surface area contributed by atoms with E-state index in [0.29, 0.717) is 25.6 Å². The molecule has 0 atom stereocenters. The Morgan fingerprint density at radius 1 is 1.21 bits per heavy atom. The highest BCUT2D eigenvalue weighted by Gasteiger charge is 2.37. The normalized spacial score (nSPS) is 24.4. The fourth-order valence-electron chi connectivity index (χ4n) is 4.93. The maximum absolute atomic E-state index is 12.7. The number of likely N-dealkylation sites (tertiary alicyclic amines) is 1. The number of urea groups is 1. The molecule has 186 valence electrons. The minimum absolute atomic E-state index is 0.0155. The first-order chi connectivity index (χ1) is 16.3. The van der Waals surface area contributed by atoms with Crippen LogP contribution < -0.4 is 5.32 Å². The Kier molecular flexibility index (Phi) is 8.52. The Bertz CT molecular complexity index is 941. The number of rotatable bonds is 4. The van der Waals surface area contributed by atoms with E-state index in [2.05, 4.69) is 21.4 Å². The molecular formula is C25H39N7O2. The van der Waals surface area contributed by atoms with Crippen molar-refractivity contribution < 1.29 is 9.59 Å². The molecule has 3 amide bonds. The van der Waals surface area contributed by atoms with Gasteiger partial charge in [0.25, 0.3) is 0 Å². The Morgan fingerprint density at radius 2 is 1.91 bits per heavy atom. The molecule has 1 N–H and O–H groups in total. The molecule has 0 aromatic carbocycles. The van der Waals surface area contributed by atoms with Crippen molar-refractivity contribution in [3.8, 4) is 0 Å². The minimum atomic E-state index is -0.0344. The van der Waals surface area contributed by atoms with Gasteiger partial charge in [0.15, 0.2) is 0 Å². The second kappa shape index (κ2) is 11.4. The summed E-state index contributed by atoms with van der Waals surface area (Å²) in [4.78, 5) is 38.0. The Morgan fingerprint density at radius 3 is 2.53 bits per heavy atom. The van der Waals surface area contributed by atoms with E-state index in [0.717, 1.165) is 54.9 Å². The van der Waals surface area contributed by atoms with Crippen LogP contribution in [0.25, 0.3) is 0 Å². The van der Waals surface area contributed by atoms with Gasteiger partial charge in [-0.2, -0.15) is 4.99 Å². The van der Waals surface area contributed by atoms with Crippen molar-refractivity contribution in [3.63, 3.8) is 0 Å². The van der Waals surface area contributed by atoms with Gasteiger partial charge in [-0.05, 0) is 45.6 Å². The molecule has 2 aliphatic heterocycles. The van der Waals surface area contributed by atoms with Crippen molar-refractivity contribution in [3.05, 3.63) is 35.2 Å². The Balaban J connectivity index is 1.97. The lowest BCUT2D eigenvalue weighted by atomic mass is 10.1. The molecule has 0 bridgehead atoms. The molecule has 0 aromatic heterocycles. The summed E-state index contributed by atoms with van der Waals surface area (Å²) in [5, 5.41) is 7.12. The van der Waals surface area contributed by atoms with Gasteiger partial charge >= 0.3 is 6.03 Å². The molecule has 3 rings (SSSR count). The quantitative estimate of drug-likeness (QED) is 0.505. The number of allylic oxidation sites excluding steroid dienone is 5. The van der Waals surface area contributed by atoms with Crippen molar-refractivity contribution in [2.75, 3.05) is 33.7 Å². The standard InChI is InChI=1S/C25H39N7O2/c1-7-9-12-20-15-16-31(19(4)33)23(20)18(3)27-24(26-8-2)28-22-17-29(5)25(34)30(6)32(22)21-13-10-11-14-21/h7,9,12,21H,8,10-11,13-17H2,1-6H3,(H,26,27)/b9-7-,20-12-,23-18-,28-22+.